The maximum atomic E-state index is 13.8. The molecule has 2 aromatic rings. The predicted molar refractivity (Wildman–Crippen MR) is 92.8 cm³/mol. The highest BCUT2D eigenvalue weighted by Gasteiger charge is 2.51. The Morgan fingerprint density at radius 1 is 1.20 bits per heavy atom. The molecule has 0 radical (unpaired) electrons. The summed E-state index contributed by atoms with van der Waals surface area (Å²) in [4.78, 5) is 25.1. The number of hydrogen-bond donors (Lipinski definition) is 1. The van der Waals surface area contributed by atoms with Crippen LogP contribution in [0.4, 0.5) is 9.18 Å². The van der Waals surface area contributed by atoms with Gasteiger partial charge in [-0.25, -0.2) is 9.18 Å². The molecule has 0 spiro atoms. The average molecular weight is 360 g/mol. The highest BCUT2D eigenvalue weighted by molar-refractivity contribution is 6.33. The summed E-state index contributed by atoms with van der Waals surface area (Å²) >= 11 is 5.93. The van der Waals surface area contributed by atoms with Crippen LogP contribution in [-0.2, 0) is 10.3 Å². The monoisotopic (exact) mass is 359 g/mol. The zero-order valence-corrected chi connectivity index (χ0v) is 14.1. The standard InChI is InChI=1S/C18H15ClFN3O2/c1-2-18(12-7-4-3-5-8-12)16(24)23(17(25)22-18)21-11-13-14(19)9-6-10-15(13)20/h3-11H,2H2,1H3,(H,22,25)/b21-11-/t18-/m1/s1. The molecule has 1 N–H and O–H groups in total. The number of benzene rings is 2. The van der Waals surface area contributed by atoms with Crippen molar-refractivity contribution in [2.45, 2.75) is 18.9 Å². The Kier molecular flexibility index (Phi) is 4.55. The molecule has 5 nitrogen and oxygen atoms in total. The Bertz CT molecular complexity index is 836. The Labute approximate surface area is 149 Å². The molecule has 2 aromatic carbocycles. The van der Waals surface area contributed by atoms with Crippen LogP contribution in [0.3, 0.4) is 0 Å². The molecule has 7 heteroatoms. The molecule has 1 saturated heterocycles. The molecule has 0 aromatic heterocycles. The third-order valence-corrected chi connectivity index (χ3v) is 4.50. The van der Waals surface area contributed by atoms with E-state index in [1.54, 1.807) is 31.2 Å². The van der Waals surface area contributed by atoms with Crippen LogP contribution in [0.5, 0.6) is 0 Å². The first kappa shape index (κ1) is 17.1. The first-order valence-corrected chi connectivity index (χ1v) is 8.07. The number of hydrazone groups is 1. The molecule has 1 aliphatic rings. The number of urea groups is 1. The number of carbonyl (C=O) groups excluding carboxylic acids is 2. The van der Waals surface area contributed by atoms with Crippen LogP contribution in [0.15, 0.2) is 53.6 Å². The zero-order chi connectivity index (χ0) is 18.0. The third kappa shape index (κ3) is 2.89. The molecular weight excluding hydrogens is 345 g/mol. The van der Waals surface area contributed by atoms with Gasteiger partial charge in [-0.15, -0.1) is 5.01 Å². The van der Waals surface area contributed by atoms with Gasteiger partial charge in [0.05, 0.1) is 11.2 Å². The summed E-state index contributed by atoms with van der Waals surface area (Å²) in [5, 5.41) is 7.41. The van der Waals surface area contributed by atoms with Crippen LogP contribution in [0, 0.1) is 5.82 Å². The van der Waals surface area contributed by atoms with Crippen LogP contribution in [0.1, 0.15) is 24.5 Å². The molecule has 25 heavy (non-hydrogen) atoms. The fraction of sp³-hybridized carbons (Fsp3) is 0.167. The van der Waals surface area contributed by atoms with Crippen LogP contribution in [0.25, 0.3) is 0 Å². The second kappa shape index (κ2) is 6.64. The van der Waals surface area contributed by atoms with Crippen LogP contribution >= 0.6 is 11.6 Å². The van der Waals surface area contributed by atoms with E-state index in [4.69, 9.17) is 11.6 Å². The summed E-state index contributed by atoms with van der Waals surface area (Å²) in [6, 6.07) is 12.4. The van der Waals surface area contributed by atoms with Gasteiger partial charge in [0.25, 0.3) is 5.91 Å². The van der Waals surface area contributed by atoms with Gasteiger partial charge in [0.1, 0.15) is 11.4 Å². The van der Waals surface area contributed by atoms with E-state index in [2.05, 4.69) is 10.4 Å². The Hall–Kier alpha value is -2.73. The van der Waals surface area contributed by atoms with Crippen LogP contribution in [0.2, 0.25) is 5.02 Å². The highest BCUT2D eigenvalue weighted by atomic mass is 35.5. The van der Waals surface area contributed by atoms with Crippen LogP contribution in [-0.4, -0.2) is 23.2 Å². The van der Waals surface area contributed by atoms with Crippen molar-refractivity contribution >= 4 is 29.8 Å². The molecule has 3 rings (SSSR count). The summed E-state index contributed by atoms with van der Waals surface area (Å²) < 4.78 is 13.8. The molecule has 1 aliphatic heterocycles. The van der Waals surface area contributed by atoms with Gasteiger partial charge in [0, 0.05) is 5.56 Å². The normalized spacial score (nSPS) is 20.4. The zero-order valence-electron chi connectivity index (χ0n) is 13.4. The fourth-order valence-corrected chi connectivity index (χ4v) is 2.99. The first-order valence-electron chi connectivity index (χ1n) is 7.70. The average Bonchev–Trinajstić information content (AvgIpc) is 2.87. The summed E-state index contributed by atoms with van der Waals surface area (Å²) in [6.07, 6.45) is 1.43. The molecule has 0 aliphatic carbocycles. The van der Waals surface area contributed by atoms with E-state index in [9.17, 15) is 14.0 Å². The number of imide groups is 1. The van der Waals surface area contributed by atoms with E-state index >= 15 is 0 Å². The fourth-order valence-electron chi connectivity index (χ4n) is 2.78. The molecule has 1 atom stereocenters. The van der Waals surface area contributed by atoms with E-state index in [0.29, 0.717) is 17.0 Å². The summed E-state index contributed by atoms with van der Waals surface area (Å²) in [7, 11) is 0. The van der Waals surface area contributed by atoms with Crippen molar-refractivity contribution in [1.82, 2.24) is 10.3 Å². The van der Waals surface area contributed by atoms with Crippen molar-refractivity contribution in [3.05, 3.63) is 70.5 Å². The predicted octanol–water partition coefficient (Wildman–Crippen LogP) is 3.67. The van der Waals surface area contributed by atoms with Gasteiger partial charge in [-0.05, 0) is 24.1 Å². The van der Waals surface area contributed by atoms with E-state index in [1.165, 1.54) is 18.2 Å². The lowest BCUT2D eigenvalue weighted by molar-refractivity contribution is -0.131. The second-order valence-electron chi connectivity index (χ2n) is 5.55. The summed E-state index contributed by atoms with van der Waals surface area (Å²) in [5.41, 5.74) is -0.509. The molecular formula is C18H15ClFN3O2. The Morgan fingerprint density at radius 2 is 1.92 bits per heavy atom. The lowest BCUT2D eigenvalue weighted by Crippen LogP contribution is -2.43. The Morgan fingerprint density at radius 3 is 2.56 bits per heavy atom. The van der Waals surface area contributed by atoms with Crippen molar-refractivity contribution in [1.29, 1.82) is 0 Å². The van der Waals surface area contributed by atoms with Gasteiger partial charge < -0.3 is 5.32 Å². The van der Waals surface area contributed by atoms with Gasteiger partial charge in [-0.2, -0.15) is 5.10 Å². The van der Waals surface area contributed by atoms with Gasteiger partial charge in [0.2, 0.25) is 0 Å². The van der Waals surface area contributed by atoms with Gasteiger partial charge in [0.15, 0.2) is 0 Å². The summed E-state index contributed by atoms with van der Waals surface area (Å²) in [5.74, 6) is -1.11. The quantitative estimate of drug-likeness (QED) is 0.668. The molecule has 0 bridgehead atoms. The number of rotatable bonds is 4. The number of carbonyl (C=O) groups is 2. The molecule has 1 heterocycles. The van der Waals surface area contributed by atoms with Gasteiger partial charge >= 0.3 is 6.03 Å². The second-order valence-corrected chi connectivity index (χ2v) is 5.96. The number of halogens is 2. The van der Waals surface area contributed by atoms with Crippen molar-refractivity contribution < 1.29 is 14.0 Å². The molecule has 3 amide bonds. The van der Waals surface area contributed by atoms with Crippen molar-refractivity contribution in [2.24, 2.45) is 5.10 Å². The smallest absolute Gasteiger partial charge is 0.318 e. The largest absolute Gasteiger partial charge is 0.346 e. The van der Waals surface area contributed by atoms with E-state index in [1.807, 2.05) is 6.07 Å². The number of hydrogen-bond acceptors (Lipinski definition) is 3. The lowest BCUT2D eigenvalue weighted by Gasteiger charge is -2.24. The molecule has 1 fully saturated rings. The van der Waals surface area contributed by atoms with Gasteiger partial charge in [-0.3, -0.25) is 4.79 Å². The van der Waals surface area contributed by atoms with Crippen molar-refractivity contribution in [3.63, 3.8) is 0 Å². The molecule has 128 valence electrons. The highest BCUT2D eigenvalue weighted by Crippen LogP contribution is 2.32. The number of amides is 3. The SMILES string of the molecule is CC[C@]1(c2ccccc2)NC(=O)N(/N=C\c2c(F)cccc2Cl)C1=O. The Balaban J connectivity index is 1.95. The van der Waals surface area contributed by atoms with E-state index in [-0.39, 0.29) is 10.6 Å². The van der Waals surface area contributed by atoms with E-state index in [0.717, 1.165) is 6.21 Å². The van der Waals surface area contributed by atoms with E-state index < -0.39 is 23.3 Å². The number of nitrogens with zero attached hydrogens (tertiary/aromatic N) is 2. The third-order valence-electron chi connectivity index (χ3n) is 4.17. The topological polar surface area (TPSA) is 61.8 Å². The number of nitrogens with one attached hydrogen (secondary N) is 1. The first-order chi connectivity index (χ1) is 12.0. The molecule has 0 unspecified atom stereocenters. The van der Waals surface area contributed by atoms with Crippen molar-refractivity contribution in [3.8, 4) is 0 Å². The maximum absolute atomic E-state index is 13.8. The van der Waals surface area contributed by atoms with Crippen molar-refractivity contribution in [2.75, 3.05) is 0 Å². The minimum absolute atomic E-state index is 0.0125. The van der Waals surface area contributed by atoms with Gasteiger partial charge in [-0.1, -0.05) is 54.9 Å². The minimum Gasteiger partial charge on any atom is -0.318 e. The van der Waals surface area contributed by atoms with Crippen LogP contribution < -0.4 is 5.32 Å². The molecule has 0 saturated carbocycles. The summed E-state index contributed by atoms with van der Waals surface area (Å²) in [6.45, 7) is 1.80. The lowest BCUT2D eigenvalue weighted by atomic mass is 9.87. The maximum Gasteiger partial charge on any atom is 0.346 e. The minimum atomic E-state index is -1.19.